The summed E-state index contributed by atoms with van der Waals surface area (Å²) in [4.78, 5) is 12.4. The van der Waals surface area contributed by atoms with Crippen LogP contribution in [0.5, 0.6) is 0 Å². The summed E-state index contributed by atoms with van der Waals surface area (Å²) in [6.45, 7) is 0. The number of pyridine rings is 1. The zero-order valence-corrected chi connectivity index (χ0v) is 10.9. The van der Waals surface area contributed by atoms with Crippen LogP contribution in [0.4, 0.5) is 0 Å². The second kappa shape index (κ2) is 5.38. The number of nitrogens with two attached hydrogens (primary N) is 1. The van der Waals surface area contributed by atoms with Gasteiger partial charge in [0.25, 0.3) is 0 Å². The highest BCUT2D eigenvalue weighted by Gasteiger charge is 2.28. The zero-order chi connectivity index (χ0) is 13.9. The summed E-state index contributed by atoms with van der Waals surface area (Å²) in [7, 11) is 0. The molecule has 1 aliphatic heterocycles. The van der Waals surface area contributed by atoms with Gasteiger partial charge in [-0.3, -0.25) is 4.98 Å². The predicted molar refractivity (Wildman–Crippen MR) is 79.4 cm³/mol. The number of guanidine groups is 1. The first-order valence-electron chi connectivity index (χ1n) is 6.58. The molecular weight excluding hydrogens is 252 g/mol. The summed E-state index contributed by atoms with van der Waals surface area (Å²) < 4.78 is 0. The van der Waals surface area contributed by atoms with Crippen LogP contribution in [0.15, 0.2) is 52.7 Å². The van der Waals surface area contributed by atoms with E-state index in [1.54, 1.807) is 18.5 Å². The van der Waals surface area contributed by atoms with Gasteiger partial charge in [0.05, 0.1) is 12.1 Å². The van der Waals surface area contributed by atoms with E-state index in [9.17, 15) is 5.11 Å². The summed E-state index contributed by atoms with van der Waals surface area (Å²) >= 11 is 0. The highest BCUT2D eigenvalue weighted by Crippen LogP contribution is 2.29. The molecule has 0 amide bonds. The van der Waals surface area contributed by atoms with E-state index >= 15 is 0 Å². The van der Waals surface area contributed by atoms with Gasteiger partial charge in [0.2, 0.25) is 5.96 Å². The molecule has 1 aliphatic carbocycles. The van der Waals surface area contributed by atoms with Crippen LogP contribution in [-0.4, -0.2) is 34.4 Å². The van der Waals surface area contributed by atoms with E-state index in [0.717, 1.165) is 11.1 Å². The van der Waals surface area contributed by atoms with Crippen molar-refractivity contribution in [3.8, 4) is 0 Å². The van der Waals surface area contributed by atoms with Gasteiger partial charge < -0.3 is 10.8 Å². The topological polar surface area (TPSA) is 83.9 Å². The minimum atomic E-state index is -0.552. The van der Waals surface area contributed by atoms with Crippen molar-refractivity contribution in [2.24, 2.45) is 21.6 Å². The molecule has 3 unspecified atom stereocenters. The Kier molecular flexibility index (Phi) is 3.43. The largest absolute Gasteiger partial charge is 0.388 e. The van der Waals surface area contributed by atoms with Crippen molar-refractivity contribution in [3.05, 3.63) is 48.3 Å². The fourth-order valence-electron chi connectivity index (χ4n) is 2.51. The second-order valence-electron chi connectivity index (χ2n) is 4.89. The van der Waals surface area contributed by atoms with Crippen molar-refractivity contribution in [1.82, 2.24) is 4.98 Å². The van der Waals surface area contributed by atoms with Crippen molar-refractivity contribution in [3.63, 3.8) is 0 Å². The number of aliphatic hydroxyl groups is 1. The Morgan fingerprint density at radius 2 is 2.25 bits per heavy atom. The molecular formula is C15H16N4O. The van der Waals surface area contributed by atoms with E-state index in [1.807, 2.05) is 30.5 Å². The lowest BCUT2D eigenvalue weighted by atomic mass is 9.84. The summed E-state index contributed by atoms with van der Waals surface area (Å²) in [6, 6.07) is 3.82. The van der Waals surface area contributed by atoms with Gasteiger partial charge in [0.15, 0.2) is 0 Å². The Bertz CT molecular complexity index is 604. The highest BCUT2D eigenvalue weighted by atomic mass is 16.3. The molecule has 2 heterocycles. The van der Waals surface area contributed by atoms with Crippen molar-refractivity contribution >= 4 is 17.7 Å². The van der Waals surface area contributed by atoms with Crippen LogP contribution >= 0.6 is 0 Å². The van der Waals surface area contributed by atoms with Crippen LogP contribution < -0.4 is 5.73 Å². The fraction of sp³-hybridized carbons (Fsp3) is 0.267. The maximum absolute atomic E-state index is 10.2. The molecule has 20 heavy (non-hydrogen) atoms. The minimum absolute atomic E-state index is 0.0703. The van der Waals surface area contributed by atoms with Gasteiger partial charge in [-0.1, -0.05) is 24.3 Å². The highest BCUT2D eigenvalue weighted by molar-refractivity contribution is 5.88. The van der Waals surface area contributed by atoms with Crippen LogP contribution in [0.1, 0.15) is 12.0 Å². The lowest BCUT2D eigenvalue weighted by Gasteiger charge is -2.28. The van der Waals surface area contributed by atoms with Crippen LogP contribution in [-0.2, 0) is 0 Å². The van der Waals surface area contributed by atoms with Crippen molar-refractivity contribution < 1.29 is 5.11 Å². The van der Waals surface area contributed by atoms with Gasteiger partial charge in [-0.15, -0.1) is 0 Å². The zero-order valence-electron chi connectivity index (χ0n) is 10.9. The van der Waals surface area contributed by atoms with Gasteiger partial charge in [0.1, 0.15) is 0 Å². The maximum Gasteiger partial charge on any atom is 0.215 e. The molecule has 0 fully saturated rings. The van der Waals surface area contributed by atoms with Crippen LogP contribution in [0.3, 0.4) is 0 Å². The molecule has 1 aromatic heterocycles. The number of hydrogen-bond acceptors (Lipinski definition) is 5. The molecule has 3 rings (SSSR count). The van der Waals surface area contributed by atoms with E-state index in [0.29, 0.717) is 6.42 Å². The molecule has 1 aromatic rings. The Hall–Kier alpha value is -2.27. The summed E-state index contributed by atoms with van der Waals surface area (Å²) in [5.41, 5.74) is 7.72. The van der Waals surface area contributed by atoms with Crippen LogP contribution in [0.25, 0.3) is 5.57 Å². The molecule has 0 bridgehead atoms. The summed E-state index contributed by atoms with van der Waals surface area (Å²) in [5, 5.41) is 10.2. The smallest absolute Gasteiger partial charge is 0.215 e. The standard InChI is InChI=1S/C15H16N4O/c16-15-18-7-5-13(19-15)12-8-10(3-4-14(12)20)11-2-1-6-17-9-11/h1-4,6-9,12-14,20H,5H2,(H2,16,19). The molecule has 3 N–H and O–H groups in total. The predicted octanol–water partition coefficient (Wildman–Crippen LogP) is 1.17. The molecule has 2 aliphatic rings. The van der Waals surface area contributed by atoms with Crippen molar-refractivity contribution in [1.29, 1.82) is 0 Å². The molecule has 0 saturated carbocycles. The third-order valence-electron chi connectivity index (χ3n) is 3.55. The first-order valence-corrected chi connectivity index (χ1v) is 6.58. The number of aliphatic hydroxyl groups excluding tert-OH is 1. The SMILES string of the molecule is NC1=NC(C2C=C(c3cccnc3)C=CC2O)CC=N1. The minimum Gasteiger partial charge on any atom is -0.388 e. The van der Waals surface area contributed by atoms with E-state index < -0.39 is 6.10 Å². The quantitative estimate of drug-likeness (QED) is 0.844. The molecule has 0 radical (unpaired) electrons. The number of rotatable bonds is 2. The van der Waals surface area contributed by atoms with Gasteiger partial charge >= 0.3 is 0 Å². The molecule has 0 aromatic carbocycles. The summed E-state index contributed by atoms with van der Waals surface area (Å²) in [6.07, 6.45) is 11.2. The van der Waals surface area contributed by atoms with E-state index in [-0.39, 0.29) is 17.9 Å². The number of aromatic nitrogens is 1. The Morgan fingerprint density at radius 1 is 1.35 bits per heavy atom. The van der Waals surface area contributed by atoms with Gasteiger partial charge in [-0.25, -0.2) is 9.98 Å². The van der Waals surface area contributed by atoms with Gasteiger partial charge in [-0.2, -0.15) is 0 Å². The molecule has 0 saturated heterocycles. The van der Waals surface area contributed by atoms with E-state index in [1.165, 1.54) is 0 Å². The van der Waals surface area contributed by atoms with Crippen LogP contribution in [0.2, 0.25) is 0 Å². The average Bonchev–Trinajstić information content (AvgIpc) is 2.48. The number of aliphatic imine (C=N–C) groups is 2. The Labute approximate surface area is 117 Å². The lowest BCUT2D eigenvalue weighted by molar-refractivity contribution is 0.162. The van der Waals surface area contributed by atoms with Crippen molar-refractivity contribution in [2.75, 3.05) is 0 Å². The summed E-state index contributed by atoms with van der Waals surface area (Å²) in [5.74, 6) is 0.180. The first-order chi connectivity index (χ1) is 9.74. The fourth-order valence-corrected chi connectivity index (χ4v) is 2.51. The number of allylic oxidation sites excluding steroid dienone is 2. The van der Waals surface area contributed by atoms with Gasteiger partial charge in [-0.05, 0) is 17.2 Å². The molecule has 3 atom stereocenters. The molecule has 102 valence electrons. The normalized spacial score (nSPS) is 28.9. The number of hydrogen-bond donors (Lipinski definition) is 2. The molecule has 5 heteroatoms. The second-order valence-corrected chi connectivity index (χ2v) is 4.89. The molecule has 0 spiro atoms. The average molecular weight is 268 g/mol. The van der Waals surface area contributed by atoms with Crippen LogP contribution in [0, 0.1) is 5.92 Å². The van der Waals surface area contributed by atoms with E-state index in [4.69, 9.17) is 5.73 Å². The maximum atomic E-state index is 10.2. The van der Waals surface area contributed by atoms with E-state index in [2.05, 4.69) is 15.0 Å². The molecule has 5 nitrogen and oxygen atoms in total. The Balaban J connectivity index is 1.89. The third kappa shape index (κ3) is 2.53. The van der Waals surface area contributed by atoms with Crippen molar-refractivity contribution in [2.45, 2.75) is 18.6 Å². The van der Waals surface area contributed by atoms with Gasteiger partial charge in [0, 0.05) is 30.9 Å². The monoisotopic (exact) mass is 268 g/mol. The lowest BCUT2D eigenvalue weighted by Crippen LogP contribution is -2.33. The number of nitrogens with zero attached hydrogens (tertiary/aromatic N) is 3. The third-order valence-corrected chi connectivity index (χ3v) is 3.55. The Morgan fingerprint density at radius 3 is 3.00 bits per heavy atom. The first kappa shape index (κ1) is 12.7.